The molecule has 138 valence electrons. The van der Waals surface area contributed by atoms with Crippen molar-refractivity contribution in [3.05, 3.63) is 96.5 Å². The van der Waals surface area contributed by atoms with Crippen LogP contribution < -0.4 is 0 Å². The topological polar surface area (TPSA) is 0 Å². The van der Waals surface area contributed by atoms with Gasteiger partial charge in [-0.15, -0.1) is 34.0 Å². The van der Waals surface area contributed by atoms with Crippen molar-refractivity contribution in [2.45, 2.75) is 9.79 Å². The fourth-order valence-corrected chi connectivity index (χ4v) is 5.92. The molecule has 2 aliphatic carbocycles. The Morgan fingerprint density at radius 2 is 0.964 bits per heavy atom. The van der Waals surface area contributed by atoms with Gasteiger partial charge in [0.05, 0.1) is 0 Å². The van der Waals surface area contributed by atoms with Gasteiger partial charge in [-0.05, 0) is 22.9 Å². The van der Waals surface area contributed by atoms with E-state index in [1.807, 2.05) is 73.6 Å². The van der Waals surface area contributed by atoms with E-state index in [0.29, 0.717) is 0 Å². The van der Waals surface area contributed by atoms with Gasteiger partial charge in [0.15, 0.2) is 0 Å². The molecule has 0 aromatic carbocycles. The summed E-state index contributed by atoms with van der Waals surface area (Å²) in [7, 11) is 0. The van der Waals surface area contributed by atoms with Gasteiger partial charge in [0.2, 0.25) is 0 Å². The van der Waals surface area contributed by atoms with Gasteiger partial charge in [0.1, 0.15) is 0 Å². The van der Waals surface area contributed by atoms with Crippen molar-refractivity contribution in [1.82, 2.24) is 0 Å². The van der Waals surface area contributed by atoms with E-state index in [1.54, 1.807) is 34.0 Å². The maximum atomic E-state index is 5.45. The van der Waals surface area contributed by atoms with E-state index in [2.05, 4.69) is 22.9 Å². The molecule has 5 rings (SSSR count). The Balaban J connectivity index is 0.000000209. The van der Waals surface area contributed by atoms with E-state index in [0.717, 1.165) is 19.5 Å². The van der Waals surface area contributed by atoms with Crippen molar-refractivity contribution < 1.29 is 21.7 Å². The second-order valence-corrected chi connectivity index (χ2v) is 9.03. The van der Waals surface area contributed by atoms with Crippen LogP contribution in [-0.4, -0.2) is 0 Å². The Labute approximate surface area is 205 Å². The van der Waals surface area contributed by atoms with Crippen LogP contribution in [0.4, 0.5) is 0 Å². The van der Waals surface area contributed by atoms with Gasteiger partial charge >= 0.3 is 21.7 Å². The second kappa shape index (κ2) is 12.7. The Morgan fingerprint density at radius 1 is 0.571 bits per heavy atom. The average Bonchev–Trinajstić information content (AvgIpc) is 3.50. The van der Waals surface area contributed by atoms with Crippen LogP contribution in [0.5, 0.6) is 0 Å². The minimum absolute atomic E-state index is 0. The van der Waals surface area contributed by atoms with Crippen molar-refractivity contribution in [3.63, 3.8) is 0 Å². The van der Waals surface area contributed by atoms with Crippen LogP contribution in [0.1, 0.15) is 0 Å². The van der Waals surface area contributed by atoms with Crippen LogP contribution in [0.2, 0.25) is 0 Å². The van der Waals surface area contributed by atoms with Crippen LogP contribution in [0, 0.1) is 12.8 Å². The van der Waals surface area contributed by atoms with Gasteiger partial charge in [-0.2, -0.15) is 9.79 Å². The SMILES string of the molecule is [CH]1C=CC=C1.[CH]1C=CC=C1.[S-]c1c(-c2cccs2)sc(-c2cccs2)c1[S-].[Ti+2]. The Kier molecular flexibility index (Phi) is 10.7. The molecule has 0 saturated carbocycles. The first-order valence-corrected chi connectivity index (χ1v) is 11.6. The van der Waals surface area contributed by atoms with Gasteiger partial charge in [-0.1, -0.05) is 60.7 Å². The van der Waals surface area contributed by atoms with Crippen molar-refractivity contribution in [2.75, 3.05) is 0 Å². The molecule has 3 aromatic heterocycles. The zero-order valence-electron chi connectivity index (χ0n) is 14.8. The first-order valence-electron chi connectivity index (χ1n) is 8.19. The van der Waals surface area contributed by atoms with E-state index in [9.17, 15) is 0 Å². The average molecular weight is 489 g/mol. The molecule has 28 heavy (non-hydrogen) atoms. The van der Waals surface area contributed by atoms with E-state index in [-0.39, 0.29) is 21.7 Å². The third-order valence-corrected chi connectivity index (χ3v) is 7.92. The predicted octanol–water partition coefficient (Wildman–Crippen LogP) is 7.65. The van der Waals surface area contributed by atoms with Crippen molar-refractivity contribution in [3.8, 4) is 19.5 Å². The first-order chi connectivity index (χ1) is 13.3. The van der Waals surface area contributed by atoms with Crippen molar-refractivity contribution in [2.24, 2.45) is 0 Å². The fourth-order valence-electron chi connectivity index (χ4n) is 2.18. The van der Waals surface area contributed by atoms with Crippen LogP contribution >= 0.6 is 34.0 Å². The molecule has 0 amide bonds. The number of allylic oxidation sites excluding steroid dienone is 8. The number of hydrogen-bond acceptors (Lipinski definition) is 5. The molecule has 3 heterocycles. The molecule has 0 atom stereocenters. The monoisotopic (exact) mass is 488 g/mol. The van der Waals surface area contributed by atoms with E-state index < -0.39 is 0 Å². The maximum Gasteiger partial charge on any atom is 2.00 e. The summed E-state index contributed by atoms with van der Waals surface area (Å²) >= 11 is 16.0. The van der Waals surface area contributed by atoms with Crippen molar-refractivity contribution >= 4 is 59.3 Å². The van der Waals surface area contributed by atoms with Gasteiger partial charge in [0.25, 0.3) is 0 Å². The fraction of sp³-hybridized carbons (Fsp3) is 0. The van der Waals surface area contributed by atoms with Gasteiger partial charge in [0, 0.05) is 32.4 Å². The molecule has 0 bridgehead atoms. The third-order valence-electron chi connectivity index (χ3n) is 3.42. The maximum absolute atomic E-state index is 5.45. The molecule has 0 saturated heterocycles. The molecule has 0 aliphatic heterocycles. The first kappa shape index (κ1) is 23.5. The largest absolute Gasteiger partial charge is 2.00 e. The van der Waals surface area contributed by atoms with E-state index >= 15 is 0 Å². The van der Waals surface area contributed by atoms with Gasteiger partial charge in [-0.25, -0.2) is 0 Å². The predicted molar refractivity (Wildman–Crippen MR) is 127 cm³/mol. The molecule has 0 N–H and O–H groups in total. The third kappa shape index (κ3) is 6.63. The molecule has 2 radical (unpaired) electrons. The van der Waals surface area contributed by atoms with Gasteiger partial charge in [-0.3, -0.25) is 0 Å². The molecule has 3 aromatic rings. The Morgan fingerprint density at radius 3 is 1.21 bits per heavy atom. The zero-order chi connectivity index (χ0) is 18.9. The summed E-state index contributed by atoms with van der Waals surface area (Å²) in [6.07, 6.45) is 20.0. The molecule has 6 heteroatoms. The molecule has 2 aliphatic rings. The standard InChI is InChI=1S/C12H8S5.2C5H5.Ti/c13-9-10(14)12(8-4-2-6-16-8)17-11(9)7-3-1-5-15-7;2*1-2-4-5-3-1;/h1-6,13-14H;2*1-5H;/q;;;+2/p-2. The van der Waals surface area contributed by atoms with Crippen LogP contribution in [0.25, 0.3) is 19.5 Å². The number of rotatable bonds is 2. The zero-order valence-corrected chi connectivity index (χ0v) is 20.4. The molecule has 0 nitrogen and oxygen atoms in total. The molecule has 0 unspecified atom stereocenters. The van der Waals surface area contributed by atoms with E-state index in [4.69, 9.17) is 25.3 Å². The van der Waals surface area contributed by atoms with Crippen molar-refractivity contribution in [1.29, 1.82) is 0 Å². The summed E-state index contributed by atoms with van der Waals surface area (Å²) in [5.74, 6) is 0. The minimum atomic E-state index is 0. The summed E-state index contributed by atoms with van der Waals surface area (Å²) < 4.78 is 0. The number of thiophene rings is 3. The summed E-state index contributed by atoms with van der Waals surface area (Å²) in [6.45, 7) is 0. The normalized spacial score (nSPS) is 12.9. The van der Waals surface area contributed by atoms with Gasteiger partial charge < -0.3 is 25.3 Å². The number of hydrogen-bond donors (Lipinski definition) is 0. The Bertz CT molecular complexity index is 845. The summed E-state index contributed by atoms with van der Waals surface area (Å²) in [5, 5.41) is 4.13. The molecular formula is C22H16S5Ti. The van der Waals surface area contributed by atoms with Crippen LogP contribution in [-0.2, 0) is 47.0 Å². The van der Waals surface area contributed by atoms with Crippen LogP contribution in [0.15, 0.2) is 93.4 Å². The molecule has 0 spiro atoms. The van der Waals surface area contributed by atoms with Crippen LogP contribution in [0.3, 0.4) is 0 Å². The summed E-state index contributed by atoms with van der Waals surface area (Å²) in [6, 6.07) is 8.28. The quantitative estimate of drug-likeness (QED) is 0.268. The van der Waals surface area contributed by atoms with E-state index in [1.165, 1.54) is 9.75 Å². The Hall–Kier alpha value is -0.786. The molecule has 0 fully saturated rings. The minimum Gasteiger partial charge on any atom is -0.780 e. The molecular weight excluding hydrogens is 472 g/mol. The summed E-state index contributed by atoms with van der Waals surface area (Å²) in [4.78, 5) is 6.38. The summed E-state index contributed by atoms with van der Waals surface area (Å²) in [5.41, 5.74) is 0. The smallest absolute Gasteiger partial charge is 0.780 e. The second-order valence-electron chi connectivity index (χ2n) is 5.30.